The summed E-state index contributed by atoms with van der Waals surface area (Å²) < 4.78 is 5.27. The molecule has 1 aromatic carbocycles. The normalized spacial score (nSPS) is 15.7. The lowest BCUT2D eigenvalue weighted by Gasteiger charge is -2.34. The van der Waals surface area contributed by atoms with E-state index in [1.807, 2.05) is 0 Å². The highest BCUT2D eigenvalue weighted by atomic mass is 35.5. The van der Waals surface area contributed by atoms with Gasteiger partial charge < -0.3 is 19.6 Å². The fourth-order valence-electron chi connectivity index (χ4n) is 2.69. The van der Waals surface area contributed by atoms with Crippen molar-refractivity contribution in [1.82, 2.24) is 25.3 Å². The summed E-state index contributed by atoms with van der Waals surface area (Å²) in [6, 6.07) is 6.45. The molecule has 1 aliphatic rings. The number of amides is 3. The standard InChI is InChI=1S/C17H20ClN5O3/c1-11(19-17(25)23-9-7-22(8-10-23)12(2)24)16-20-15(21-26-16)13-3-5-14(18)6-4-13/h3-6,11H,7-10H2,1-2H3,(H,19,25)/t11-/m1/s1. The van der Waals surface area contributed by atoms with E-state index < -0.39 is 6.04 Å². The minimum Gasteiger partial charge on any atom is -0.339 e. The second kappa shape index (κ2) is 7.74. The van der Waals surface area contributed by atoms with E-state index in [-0.39, 0.29) is 11.9 Å². The molecule has 138 valence electrons. The number of nitrogens with one attached hydrogen (secondary N) is 1. The second-order valence-corrected chi connectivity index (χ2v) is 6.56. The van der Waals surface area contributed by atoms with Crippen LogP contribution in [-0.2, 0) is 4.79 Å². The number of carbonyl (C=O) groups excluding carboxylic acids is 2. The zero-order valence-electron chi connectivity index (χ0n) is 14.6. The lowest BCUT2D eigenvalue weighted by molar-refractivity contribution is -0.130. The zero-order valence-corrected chi connectivity index (χ0v) is 15.4. The van der Waals surface area contributed by atoms with E-state index in [9.17, 15) is 9.59 Å². The van der Waals surface area contributed by atoms with Gasteiger partial charge in [0.1, 0.15) is 6.04 Å². The van der Waals surface area contributed by atoms with Crippen LogP contribution in [0.2, 0.25) is 5.02 Å². The van der Waals surface area contributed by atoms with Crippen LogP contribution in [0.5, 0.6) is 0 Å². The van der Waals surface area contributed by atoms with Crippen molar-refractivity contribution in [2.75, 3.05) is 26.2 Å². The number of urea groups is 1. The Labute approximate surface area is 156 Å². The quantitative estimate of drug-likeness (QED) is 0.886. The Morgan fingerprint density at radius 1 is 1.15 bits per heavy atom. The number of aromatic nitrogens is 2. The fraction of sp³-hybridized carbons (Fsp3) is 0.412. The van der Waals surface area contributed by atoms with E-state index >= 15 is 0 Å². The molecule has 8 nitrogen and oxygen atoms in total. The van der Waals surface area contributed by atoms with Crippen molar-refractivity contribution < 1.29 is 14.1 Å². The first-order chi connectivity index (χ1) is 12.4. The summed E-state index contributed by atoms with van der Waals surface area (Å²) >= 11 is 5.87. The minimum absolute atomic E-state index is 0.0269. The van der Waals surface area contributed by atoms with Crippen LogP contribution in [0.4, 0.5) is 4.79 Å². The average molecular weight is 378 g/mol. The van der Waals surface area contributed by atoms with Crippen LogP contribution in [0.15, 0.2) is 28.8 Å². The molecular weight excluding hydrogens is 358 g/mol. The molecule has 3 rings (SSSR count). The van der Waals surface area contributed by atoms with Gasteiger partial charge in [-0.15, -0.1) is 0 Å². The number of benzene rings is 1. The van der Waals surface area contributed by atoms with E-state index in [1.165, 1.54) is 6.92 Å². The van der Waals surface area contributed by atoms with Gasteiger partial charge in [-0.3, -0.25) is 4.79 Å². The third-order valence-corrected chi connectivity index (χ3v) is 4.52. The van der Waals surface area contributed by atoms with Crippen LogP contribution in [0, 0.1) is 0 Å². The fourth-order valence-corrected chi connectivity index (χ4v) is 2.82. The van der Waals surface area contributed by atoms with Gasteiger partial charge in [-0.25, -0.2) is 4.79 Å². The summed E-state index contributed by atoms with van der Waals surface area (Å²) in [5.41, 5.74) is 0.781. The molecule has 0 aliphatic carbocycles. The van der Waals surface area contributed by atoms with Crippen LogP contribution < -0.4 is 5.32 Å². The number of nitrogens with zero attached hydrogens (tertiary/aromatic N) is 4. The molecule has 0 bridgehead atoms. The molecule has 1 fully saturated rings. The number of piperazine rings is 1. The molecular formula is C17H20ClN5O3. The Kier molecular flexibility index (Phi) is 5.41. The topological polar surface area (TPSA) is 91.6 Å². The van der Waals surface area contributed by atoms with E-state index in [1.54, 1.807) is 41.0 Å². The van der Waals surface area contributed by atoms with Crippen LogP contribution in [0.1, 0.15) is 25.8 Å². The second-order valence-electron chi connectivity index (χ2n) is 6.13. The average Bonchev–Trinajstić information content (AvgIpc) is 3.12. The SMILES string of the molecule is CC(=O)N1CCN(C(=O)N[C@H](C)c2nc(-c3ccc(Cl)cc3)no2)CC1. The van der Waals surface area contributed by atoms with Gasteiger partial charge in [0.25, 0.3) is 0 Å². The van der Waals surface area contributed by atoms with E-state index in [0.29, 0.717) is 42.9 Å². The summed E-state index contributed by atoms with van der Waals surface area (Å²) in [4.78, 5) is 31.5. The van der Waals surface area contributed by atoms with Gasteiger partial charge in [-0.2, -0.15) is 4.98 Å². The van der Waals surface area contributed by atoms with Gasteiger partial charge in [0.15, 0.2) is 0 Å². The van der Waals surface area contributed by atoms with Gasteiger partial charge in [0.2, 0.25) is 17.6 Å². The lowest BCUT2D eigenvalue weighted by Crippen LogP contribution is -2.53. The Morgan fingerprint density at radius 3 is 2.38 bits per heavy atom. The van der Waals surface area contributed by atoms with Gasteiger partial charge in [-0.1, -0.05) is 16.8 Å². The maximum Gasteiger partial charge on any atom is 0.318 e. The third kappa shape index (κ3) is 4.13. The monoisotopic (exact) mass is 377 g/mol. The molecule has 0 radical (unpaired) electrons. The molecule has 0 saturated carbocycles. The molecule has 9 heteroatoms. The molecule has 1 aliphatic heterocycles. The van der Waals surface area contributed by atoms with Crippen molar-refractivity contribution in [1.29, 1.82) is 0 Å². The predicted molar refractivity (Wildman–Crippen MR) is 95.5 cm³/mol. The molecule has 0 unspecified atom stereocenters. The highest BCUT2D eigenvalue weighted by Crippen LogP contribution is 2.20. The first-order valence-corrected chi connectivity index (χ1v) is 8.72. The highest BCUT2D eigenvalue weighted by molar-refractivity contribution is 6.30. The number of halogens is 1. The molecule has 0 spiro atoms. The van der Waals surface area contributed by atoms with E-state index in [4.69, 9.17) is 16.1 Å². The minimum atomic E-state index is -0.429. The summed E-state index contributed by atoms with van der Waals surface area (Å²) in [7, 11) is 0. The first-order valence-electron chi connectivity index (χ1n) is 8.34. The van der Waals surface area contributed by atoms with Gasteiger partial charge in [0, 0.05) is 43.7 Å². The zero-order chi connectivity index (χ0) is 18.7. The summed E-state index contributed by atoms with van der Waals surface area (Å²) in [6.07, 6.45) is 0. The molecule has 3 amide bonds. The van der Waals surface area contributed by atoms with Crippen molar-refractivity contribution in [3.63, 3.8) is 0 Å². The molecule has 1 N–H and O–H groups in total. The predicted octanol–water partition coefficient (Wildman–Crippen LogP) is 2.32. The first kappa shape index (κ1) is 18.2. The summed E-state index contributed by atoms with van der Waals surface area (Å²) in [5.74, 6) is 0.789. The number of hydrogen-bond donors (Lipinski definition) is 1. The Bertz CT molecular complexity index is 784. The van der Waals surface area contributed by atoms with Crippen molar-refractivity contribution in [2.45, 2.75) is 19.9 Å². The van der Waals surface area contributed by atoms with Gasteiger partial charge in [-0.05, 0) is 31.2 Å². The van der Waals surface area contributed by atoms with Crippen molar-refractivity contribution >= 4 is 23.5 Å². The largest absolute Gasteiger partial charge is 0.339 e. The number of carbonyl (C=O) groups is 2. The highest BCUT2D eigenvalue weighted by Gasteiger charge is 2.25. The summed E-state index contributed by atoms with van der Waals surface area (Å²) in [5, 5.41) is 7.43. The molecule has 1 atom stereocenters. The maximum atomic E-state index is 12.4. The van der Waals surface area contributed by atoms with Crippen LogP contribution in [0.25, 0.3) is 11.4 Å². The number of rotatable bonds is 3. The van der Waals surface area contributed by atoms with Crippen molar-refractivity contribution in [3.8, 4) is 11.4 Å². The lowest BCUT2D eigenvalue weighted by atomic mass is 10.2. The number of hydrogen-bond acceptors (Lipinski definition) is 5. The molecule has 2 aromatic rings. The summed E-state index contributed by atoms with van der Waals surface area (Å²) in [6.45, 7) is 5.39. The smallest absolute Gasteiger partial charge is 0.318 e. The van der Waals surface area contributed by atoms with Crippen molar-refractivity contribution in [3.05, 3.63) is 35.2 Å². The molecule has 26 heavy (non-hydrogen) atoms. The molecule has 2 heterocycles. The maximum absolute atomic E-state index is 12.4. The Hall–Kier alpha value is -2.61. The van der Waals surface area contributed by atoms with Gasteiger partial charge >= 0.3 is 6.03 Å². The Morgan fingerprint density at radius 2 is 1.77 bits per heavy atom. The molecule has 1 aromatic heterocycles. The van der Waals surface area contributed by atoms with E-state index in [0.717, 1.165) is 5.56 Å². The van der Waals surface area contributed by atoms with Crippen molar-refractivity contribution in [2.24, 2.45) is 0 Å². The van der Waals surface area contributed by atoms with E-state index in [2.05, 4.69) is 15.5 Å². The third-order valence-electron chi connectivity index (χ3n) is 4.27. The van der Waals surface area contributed by atoms with Crippen LogP contribution in [-0.4, -0.2) is 58.1 Å². The van der Waals surface area contributed by atoms with Crippen LogP contribution >= 0.6 is 11.6 Å². The molecule has 1 saturated heterocycles. The van der Waals surface area contributed by atoms with Gasteiger partial charge in [0.05, 0.1) is 0 Å². The Balaban J connectivity index is 1.58. The van der Waals surface area contributed by atoms with Crippen LogP contribution in [0.3, 0.4) is 0 Å².